The van der Waals surface area contributed by atoms with Crippen molar-refractivity contribution in [1.82, 2.24) is 0 Å². The predicted molar refractivity (Wildman–Crippen MR) is 77.3 cm³/mol. The summed E-state index contributed by atoms with van der Waals surface area (Å²) in [6.45, 7) is 2.92. The first-order valence-corrected chi connectivity index (χ1v) is 7.23. The van der Waals surface area contributed by atoms with Crippen LogP contribution < -0.4 is 11.1 Å². The molecule has 1 fully saturated rings. The molecule has 0 spiro atoms. The summed E-state index contributed by atoms with van der Waals surface area (Å²) in [4.78, 5) is 0. The Balaban J connectivity index is 2.05. The van der Waals surface area contributed by atoms with Gasteiger partial charge in [-0.15, -0.1) is 0 Å². The highest BCUT2D eigenvalue weighted by Gasteiger charge is 2.23. The van der Waals surface area contributed by atoms with E-state index < -0.39 is 0 Å². The number of hydrogen-bond acceptors (Lipinski definition) is 2. The van der Waals surface area contributed by atoms with E-state index in [1.807, 2.05) is 0 Å². The highest BCUT2D eigenvalue weighted by molar-refractivity contribution is 9.10. The first kappa shape index (κ1) is 12.9. The molecule has 94 valence electrons. The van der Waals surface area contributed by atoms with Crippen LogP contribution in [-0.2, 0) is 0 Å². The average Bonchev–Trinajstić information content (AvgIpc) is 2.34. The normalized spacial score (nSPS) is 24.6. The Hall–Kier alpha value is -0.540. The molecule has 2 rings (SSSR count). The summed E-state index contributed by atoms with van der Waals surface area (Å²) < 4.78 is 1.17. The van der Waals surface area contributed by atoms with Crippen LogP contribution in [0, 0.1) is 12.8 Å². The van der Waals surface area contributed by atoms with Gasteiger partial charge in [0.25, 0.3) is 0 Å². The number of nitrogens with one attached hydrogen (secondary N) is 1. The Kier molecular flexibility index (Phi) is 4.46. The van der Waals surface area contributed by atoms with Crippen LogP contribution in [0.2, 0.25) is 0 Å². The maximum atomic E-state index is 5.85. The Labute approximate surface area is 112 Å². The molecule has 1 aliphatic carbocycles. The van der Waals surface area contributed by atoms with Gasteiger partial charge in [0.2, 0.25) is 0 Å². The molecule has 1 saturated carbocycles. The first-order chi connectivity index (χ1) is 8.20. The van der Waals surface area contributed by atoms with E-state index in [9.17, 15) is 0 Å². The minimum atomic E-state index is 0.550. The van der Waals surface area contributed by atoms with Gasteiger partial charge in [-0.1, -0.05) is 28.8 Å². The monoisotopic (exact) mass is 296 g/mol. The number of benzene rings is 1. The summed E-state index contributed by atoms with van der Waals surface area (Å²) in [6, 6.07) is 7.00. The summed E-state index contributed by atoms with van der Waals surface area (Å²) >= 11 is 3.53. The lowest BCUT2D eigenvalue weighted by Gasteiger charge is -2.32. The van der Waals surface area contributed by atoms with Crippen molar-refractivity contribution in [2.24, 2.45) is 11.7 Å². The zero-order valence-corrected chi connectivity index (χ0v) is 12.0. The van der Waals surface area contributed by atoms with Gasteiger partial charge in [-0.2, -0.15) is 0 Å². The maximum Gasteiger partial charge on any atom is 0.0345 e. The van der Waals surface area contributed by atoms with Crippen LogP contribution >= 0.6 is 15.9 Å². The zero-order valence-electron chi connectivity index (χ0n) is 10.4. The van der Waals surface area contributed by atoms with E-state index in [4.69, 9.17) is 5.73 Å². The van der Waals surface area contributed by atoms with Crippen LogP contribution in [0.15, 0.2) is 22.7 Å². The van der Waals surface area contributed by atoms with E-state index in [1.165, 1.54) is 41.4 Å². The minimum Gasteiger partial charge on any atom is -0.382 e. The van der Waals surface area contributed by atoms with Crippen molar-refractivity contribution < 1.29 is 0 Å². The fourth-order valence-corrected chi connectivity index (χ4v) is 2.87. The molecule has 2 atom stereocenters. The summed E-state index contributed by atoms with van der Waals surface area (Å²) in [5.74, 6) is 0.632. The van der Waals surface area contributed by atoms with Gasteiger partial charge in [-0.25, -0.2) is 0 Å². The molecule has 3 N–H and O–H groups in total. The van der Waals surface area contributed by atoms with E-state index in [0.29, 0.717) is 12.0 Å². The van der Waals surface area contributed by atoms with E-state index in [2.05, 4.69) is 46.4 Å². The summed E-state index contributed by atoms with van der Waals surface area (Å²) in [7, 11) is 0. The second kappa shape index (κ2) is 5.87. The van der Waals surface area contributed by atoms with Crippen molar-refractivity contribution in [3.05, 3.63) is 28.2 Å². The lowest BCUT2D eigenvalue weighted by Crippen LogP contribution is -2.36. The lowest BCUT2D eigenvalue weighted by atomic mass is 9.84. The Morgan fingerprint density at radius 2 is 2.12 bits per heavy atom. The number of aryl methyl sites for hydroxylation is 1. The molecular weight excluding hydrogens is 276 g/mol. The molecule has 2 unspecified atom stereocenters. The molecule has 0 heterocycles. The first-order valence-electron chi connectivity index (χ1n) is 6.43. The third kappa shape index (κ3) is 3.23. The van der Waals surface area contributed by atoms with Crippen LogP contribution in [0.1, 0.15) is 31.2 Å². The number of rotatable bonds is 3. The third-order valence-electron chi connectivity index (χ3n) is 3.72. The quantitative estimate of drug-likeness (QED) is 0.893. The molecule has 2 nitrogen and oxygen atoms in total. The van der Waals surface area contributed by atoms with Crippen LogP contribution in [0.5, 0.6) is 0 Å². The fourth-order valence-electron chi connectivity index (χ4n) is 2.63. The molecule has 0 aromatic heterocycles. The van der Waals surface area contributed by atoms with Crippen molar-refractivity contribution in [1.29, 1.82) is 0 Å². The van der Waals surface area contributed by atoms with Gasteiger partial charge in [-0.3, -0.25) is 0 Å². The minimum absolute atomic E-state index is 0.550. The van der Waals surface area contributed by atoms with Crippen LogP contribution in [0.4, 0.5) is 5.69 Å². The molecule has 1 aromatic rings. The molecule has 1 aromatic carbocycles. The van der Waals surface area contributed by atoms with Crippen molar-refractivity contribution in [2.45, 2.75) is 38.6 Å². The molecular formula is C14H21BrN2. The van der Waals surface area contributed by atoms with Gasteiger partial charge in [-0.05, 0) is 56.0 Å². The third-order valence-corrected chi connectivity index (χ3v) is 4.61. The van der Waals surface area contributed by atoms with E-state index in [1.54, 1.807) is 0 Å². The zero-order chi connectivity index (χ0) is 12.3. The van der Waals surface area contributed by atoms with Gasteiger partial charge in [0.1, 0.15) is 0 Å². The van der Waals surface area contributed by atoms with Crippen molar-refractivity contribution in [3.8, 4) is 0 Å². The van der Waals surface area contributed by atoms with Gasteiger partial charge in [0.05, 0.1) is 0 Å². The number of anilines is 1. The molecule has 17 heavy (non-hydrogen) atoms. The highest BCUT2D eigenvalue weighted by atomic mass is 79.9. The summed E-state index contributed by atoms with van der Waals surface area (Å²) in [5.41, 5.74) is 8.35. The smallest absolute Gasteiger partial charge is 0.0345 e. The highest BCUT2D eigenvalue weighted by Crippen LogP contribution is 2.28. The Morgan fingerprint density at radius 1 is 1.35 bits per heavy atom. The average molecular weight is 297 g/mol. The van der Waals surface area contributed by atoms with Gasteiger partial charge < -0.3 is 11.1 Å². The number of halogens is 1. The maximum absolute atomic E-state index is 5.85. The molecule has 0 radical (unpaired) electrons. The Morgan fingerprint density at radius 3 is 2.82 bits per heavy atom. The summed E-state index contributed by atoms with van der Waals surface area (Å²) in [6.07, 6.45) is 5.17. The Bertz CT molecular complexity index is 378. The van der Waals surface area contributed by atoms with Crippen LogP contribution in [-0.4, -0.2) is 12.6 Å². The number of hydrogen-bond donors (Lipinski definition) is 2. The van der Waals surface area contributed by atoms with Crippen LogP contribution in [0.25, 0.3) is 0 Å². The topological polar surface area (TPSA) is 38.0 Å². The summed E-state index contributed by atoms with van der Waals surface area (Å²) in [5, 5.41) is 3.65. The van der Waals surface area contributed by atoms with Crippen molar-refractivity contribution >= 4 is 21.6 Å². The van der Waals surface area contributed by atoms with E-state index in [0.717, 1.165) is 6.54 Å². The van der Waals surface area contributed by atoms with Gasteiger partial charge in [0, 0.05) is 16.2 Å². The predicted octanol–water partition coefficient (Wildman–Crippen LogP) is 3.69. The molecule has 1 aliphatic rings. The molecule has 0 saturated heterocycles. The van der Waals surface area contributed by atoms with E-state index in [-0.39, 0.29) is 0 Å². The fraction of sp³-hybridized carbons (Fsp3) is 0.571. The molecule has 3 heteroatoms. The van der Waals surface area contributed by atoms with Crippen molar-refractivity contribution in [3.63, 3.8) is 0 Å². The second-order valence-corrected chi connectivity index (χ2v) is 5.85. The molecule has 0 aliphatic heterocycles. The van der Waals surface area contributed by atoms with Crippen LogP contribution in [0.3, 0.4) is 0 Å². The largest absolute Gasteiger partial charge is 0.382 e. The lowest BCUT2D eigenvalue weighted by molar-refractivity contribution is 0.332. The molecule has 0 amide bonds. The van der Waals surface area contributed by atoms with Gasteiger partial charge in [0.15, 0.2) is 0 Å². The van der Waals surface area contributed by atoms with Crippen molar-refractivity contribution in [2.75, 3.05) is 11.9 Å². The molecule has 0 bridgehead atoms. The van der Waals surface area contributed by atoms with E-state index >= 15 is 0 Å². The van der Waals surface area contributed by atoms with Gasteiger partial charge >= 0.3 is 0 Å². The second-order valence-electron chi connectivity index (χ2n) is 5.00. The standard InChI is InChI=1S/C14H21BrN2/c1-10-8-12(6-7-13(10)15)17-14-5-3-2-4-11(14)9-16/h6-8,11,14,17H,2-5,9,16H2,1H3. The SMILES string of the molecule is Cc1cc(NC2CCCCC2CN)ccc1Br. The number of nitrogens with two attached hydrogens (primary N) is 1.